The third-order valence-electron chi connectivity index (χ3n) is 5.22. The third-order valence-corrected chi connectivity index (χ3v) is 5.22. The summed E-state index contributed by atoms with van der Waals surface area (Å²) in [4.78, 5) is 16.9. The summed E-state index contributed by atoms with van der Waals surface area (Å²) in [6.45, 7) is 0.766. The van der Waals surface area contributed by atoms with Crippen LogP contribution in [0.5, 0.6) is 0 Å². The molecule has 5 rings (SSSR count). The molecular weight excluding hydrogens is 384 g/mol. The molecule has 150 valence electrons. The standard InChI is InChI=1S/C26H20N4O/c31-26(24-15-14-20-10-4-6-12-23(20)28-24)29-27-16-21-18-30(17-19-8-2-1-3-9-19)25-13-7-5-11-22(21)25/h1-16,18H,17H2,(H,29,31)/b27-16+. The highest BCUT2D eigenvalue weighted by Gasteiger charge is 2.09. The molecule has 2 heterocycles. The number of hydrazone groups is 1. The van der Waals surface area contributed by atoms with Crippen molar-refractivity contribution in [1.29, 1.82) is 0 Å². The maximum atomic E-state index is 12.5. The van der Waals surface area contributed by atoms with E-state index in [1.165, 1.54) is 5.56 Å². The summed E-state index contributed by atoms with van der Waals surface area (Å²) in [7, 11) is 0. The number of carbonyl (C=O) groups is 1. The number of hydrogen-bond donors (Lipinski definition) is 1. The number of benzene rings is 3. The minimum absolute atomic E-state index is 0.336. The summed E-state index contributed by atoms with van der Waals surface area (Å²) in [5.41, 5.74) is 7.00. The zero-order chi connectivity index (χ0) is 21.0. The second-order valence-corrected chi connectivity index (χ2v) is 7.30. The lowest BCUT2D eigenvalue weighted by Crippen LogP contribution is -2.18. The zero-order valence-corrected chi connectivity index (χ0v) is 16.8. The van der Waals surface area contributed by atoms with Crippen LogP contribution in [0.25, 0.3) is 21.8 Å². The highest BCUT2D eigenvalue weighted by Crippen LogP contribution is 2.21. The predicted octanol–water partition coefficient (Wildman–Crippen LogP) is 5.00. The minimum atomic E-state index is -0.338. The fourth-order valence-corrected chi connectivity index (χ4v) is 3.70. The van der Waals surface area contributed by atoms with E-state index in [0.717, 1.165) is 33.9 Å². The molecule has 0 spiro atoms. The number of fused-ring (bicyclic) bond motifs is 2. The Balaban J connectivity index is 1.37. The largest absolute Gasteiger partial charge is 0.342 e. The van der Waals surface area contributed by atoms with Crippen LogP contribution in [0.1, 0.15) is 21.6 Å². The van der Waals surface area contributed by atoms with Crippen LogP contribution in [0.2, 0.25) is 0 Å². The van der Waals surface area contributed by atoms with Crippen molar-refractivity contribution in [2.45, 2.75) is 6.54 Å². The van der Waals surface area contributed by atoms with Gasteiger partial charge in [0.2, 0.25) is 0 Å². The molecule has 3 aromatic carbocycles. The second kappa shape index (κ2) is 8.24. The fraction of sp³-hybridized carbons (Fsp3) is 0.0385. The van der Waals surface area contributed by atoms with Crippen LogP contribution in [0, 0.1) is 0 Å². The SMILES string of the molecule is O=C(N/N=C/c1cn(Cc2ccccc2)c2ccccc12)c1ccc2ccccc2n1. The van der Waals surface area contributed by atoms with Gasteiger partial charge >= 0.3 is 0 Å². The smallest absolute Gasteiger partial charge is 0.289 e. The molecule has 1 amide bonds. The molecule has 0 atom stereocenters. The molecule has 0 fully saturated rings. The van der Waals surface area contributed by atoms with Gasteiger partial charge in [0.1, 0.15) is 5.69 Å². The second-order valence-electron chi connectivity index (χ2n) is 7.30. The van der Waals surface area contributed by atoms with Crippen LogP contribution in [-0.2, 0) is 6.54 Å². The Morgan fingerprint density at radius 2 is 1.68 bits per heavy atom. The topological polar surface area (TPSA) is 59.3 Å². The quantitative estimate of drug-likeness (QED) is 0.331. The number of rotatable bonds is 5. The van der Waals surface area contributed by atoms with Crippen LogP contribution >= 0.6 is 0 Å². The van der Waals surface area contributed by atoms with Gasteiger partial charge in [-0.15, -0.1) is 0 Å². The van der Waals surface area contributed by atoms with Crippen molar-refractivity contribution in [2.24, 2.45) is 5.10 Å². The molecule has 0 aliphatic carbocycles. The number of amides is 1. The first-order valence-electron chi connectivity index (χ1n) is 10.1. The summed E-state index contributed by atoms with van der Waals surface area (Å²) >= 11 is 0. The number of aromatic nitrogens is 2. The van der Waals surface area contributed by atoms with E-state index in [4.69, 9.17) is 0 Å². The number of nitrogens with zero attached hydrogens (tertiary/aromatic N) is 3. The lowest BCUT2D eigenvalue weighted by molar-refractivity contribution is 0.0950. The summed E-state index contributed by atoms with van der Waals surface area (Å²) < 4.78 is 2.19. The van der Waals surface area contributed by atoms with Gasteiger partial charge in [-0.3, -0.25) is 4.79 Å². The van der Waals surface area contributed by atoms with Gasteiger partial charge in [-0.2, -0.15) is 5.10 Å². The predicted molar refractivity (Wildman–Crippen MR) is 124 cm³/mol. The molecule has 0 saturated carbocycles. The van der Waals surface area contributed by atoms with Gasteiger partial charge in [-0.1, -0.05) is 72.8 Å². The van der Waals surface area contributed by atoms with Gasteiger partial charge in [0, 0.05) is 34.6 Å². The number of carbonyl (C=O) groups excluding carboxylic acids is 1. The Kier molecular flexibility index (Phi) is 4.99. The van der Waals surface area contributed by atoms with Crippen LogP contribution in [0.4, 0.5) is 0 Å². The average Bonchev–Trinajstić information content (AvgIpc) is 3.17. The Bertz CT molecular complexity index is 1400. The van der Waals surface area contributed by atoms with Crippen molar-refractivity contribution < 1.29 is 4.79 Å². The van der Waals surface area contributed by atoms with Crippen LogP contribution in [0.15, 0.2) is 102 Å². The normalized spacial score (nSPS) is 11.4. The van der Waals surface area contributed by atoms with Gasteiger partial charge < -0.3 is 4.57 Å². The molecule has 0 unspecified atom stereocenters. The molecule has 0 radical (unpaired) electrons. The molecule has 0 aliphatic heterocycles. The molecule has 31 heavy (non-hydrogen) atoms. The summed E-state index contributed by atoms with van der Waals surface area (Å²) in [6.07, 6.45) is 3.74. The van der Waals surface area contributed by atoms with Crippen molar-refractivity contribution in [2.75, 3.05) is 0 Å². The summed E-state index contributed by atoms with van der Waals surface area (Å²) in [6, 6.07) is 29.8. The molecule has 0 saturated heterocycles. The third kappa shape index (κ3) is 3.94. The molecule has 5 nitrogen and oxygen atoms in total. The number of nitrogens with one attached hydrogen (secondary N) is 1. The van der Waals surface area contributed by atoms with E-state index in [-0.39, 0.29) is 5.91 Å². The lowest BCUT2D eigenvalue weighted by Gasteiger charge is -2.05. The van der Waals surface area contributed by atoms with Crippen molar-refractivity contribution in [3.05, 3.63) is 114 Å². The lowest BCUT2D eigenvalue weighted by atomic mass is 10.2. The van der Waals surface area contributed by atoms with Gasteiger partial charge in [-0.25, -0.2) is 10.4 Å². The van der Waals surface area contributed by atoms with E-state index in [1.807, 2.05) is 60.7 Å². The first kappa shape index (κ1) is 18.8. The highest BCUT2D eigenvalue weighted by atomic mass is 16.2. The number of pyridine rings is 1. The Labute approximate surface area is 179 Å². The van der Waals surface area contributed by atoms with Crippen molar-refractivity contribution in [1.82, 2.24) is 15.0 Å². The maximum Gasteiger partial charge on any atom is 0.289 e. The van der Waals surface area contributed by atoms with E-state index in [1.54, 1.807) is 12.3 Å². The molecule has 0 bridgehead atoms. The number of para-hydroxylation sites is 2. The van der Waals surface area contributed by atoms with E-state index in [2.05, 4.69) is 50.5 Å². The van der Waals surface area contributed by atoms with Crippen LogP contribution in [0.3, 0.4) is 0 Å². The van der Waals surface area contributed by atoms with Gasteiger partial charge in [0.05, 0.1) is 11.7 Å². The Hall–Kier alpha value is -4.25. The van der Waals surface area contributed by atoms with Crippen molar-refractivity contribution in [3.8, 4) is 0 Å². The Morgan fingerprint density at radius 3 is 2.58 bits per heavy atom. The van der Waals surface area contributed by atoms with E-state index in [9.17, 15) is 4.79 Å². The average molecular weight is 404 g/mol. The molecular formula is C26H20N4O. The summed E-state index contributed by atoms with van der Waals surface area (Å²) in [5.74, 6) is -0.338. The van der Waals surface area contributed by atoms with Gasteiger partial charge in [0.15, 0.2) is 0 Å². The van der Waals surface area contributed by atoms with E-state index < -0.39 is 0 Å². The molecule has 0 aliphatic rings. The van der Waals surface area contributed by atoms with E-state index in [0.29, 0.717) is 5.69 Å². The molecule has 2 aromatic heterocycles. The van der Waals surface area contributed by atoms with Crippen LogP contribution in [-0.4, -0.2) is 21.7 Å². The zero-order valence-electron chi connectivity index (χ0n) is 16.8. The van der Waals surface area contributed by atoms with E-state index >= 15 is 0 Å². The summed E-state index contributed by atoms with van der Waals surface area (Å²) in [5, 5.41) is 6.27. The van der Waals surface area contributed by atoms with Crippen molar-refractivity contribution >= 4 is 33.9 Å². The van der Waals surface area contributed by atoms with Crippen molar-refractivity contribution in [3.63, 3.8) is 0 Å². The number of hydrogen-bond acceptors (Lipinski definition) is 3. The van der Waals surface area contributed by atoms with Crippen LogP contribution < -0.4 is 5.43 Å². The molecule has 1 N–H and O–H groups in total. The first-order valence-corrected chi connectivity index (χ1v) is 10.1. The highest BCUT2D eigenvalue weighted by molar-refractivity contribution is 6.00. The Morgan fingerprint density at radius 1 is 0.903 bits per heavy atom. The molecule has 5 heteroatoms. The monoisotopic (exact) mass is 404 g/mol. The minimum Gasteiger partial charge on any atom is -0.342 e. The first-order chi connectivity index (χ1) is 15.3. The molecule has 5 aromatic rings. The maximum absolute atomic E-state index is 12.5. The van der Waals surface area contributed by atoms with Gasteiger partial charge in [0.25, 0.3) is 5.91 Å². The van der Waals surface area contributed by atoms with Gasteiger partial charge in [-0.05, 0) is 23.8 Å². The fourth-order valence-electron chi connectivity index (χ4n) is 3.70.